The molecule has 0 radical (unpaired) electrons. The monoisotopic (exact) mass is 281 g/mol. The average molecular weight is 281 g/mol. The summed E-state index contributed by atoms with van der Waals surface area (Å²) in [5.41, 5.74) is 3.27. The predicted molar refractivity (Wildman–Crippen MR) is 79.2 cm³/mol. The average Bonchev–Trinajstić information content (AvgIpc) is 3.00. The highest BCUT2D eigenvalue weighted by Gasteiger charge is 2.16. The van der Waals surface area contributed by atoms with Gasteiger partial charge >= 0.3 is 0 Å². The van der Waals surface area contributed by atoms with Crippen LogP contribution in [-0.4, -0.2) is 37.8 Å². The third-order valence-corrected chi connectivity index (χ3v) is 3.74. The van der Waals surface area contributed by atoms with E-state index < -0.39 is 0 Å². The first-order valence-electron chi connectivity index (χ1n) is 7.02. The van der Waals surface area contributed by atoms with Gasteiger partial charge in [0.2, 0.25) is 0 Å². The van der Waals surface area contributed by atoms with Gasteiger partial charge in [-0.15, -0.1) is 14.8 Å². The van der Waals surface area contributed by atoms with E-state index in [0.29, 0.717) is 11.7 Å². The molecule has 3 heterocycles. The molecule has 0 aliphatic carbocycles. The lowest BCUT2D eigenvalue weighted by Crippen LogP contribution is -2.32. The summed E-state index contributed by atoms with van der Waals surface area (Å²) in [4.78, 5) is 0. The highest BCUT2D eigenvalue weighted by molar-refractivity contribution is 5.54. The van der Waals surface area contributed by atoms with Gasteiger partial charge in [0.15, 0.2) is 5.65 Å². The van der Waals surface area contributed by atoms with Gasteiger partial charge in [-0.05, 0) is 47.0 Å². The lowest BCUT2D eigenvalue weighted by atomic mass is 9.98. The molecule has 0 saturated carbocycles. The lowest BCUT2D eigenvalue weighted by Gasteiger charge is -2.27. The molecule has 0 fully saturated rings. The summed E-state index contributed by atoms with van der Waals surface area (Å²) in [6.45, 7) is 0.814. The van der Waals surface area contributed by atoms with E-state index in [-0.39, 0.29) is 0 Å². The minimum Gasteiger partial charge on any atom is -0.380 e. The standard InChI is InChI=1S/C14H15N7/c1-2-4-12-10(3-1)5-6-11(16-12)9-15-13-7-8-14-17-19-20-21(14)18-13/h1-4,7-8,11,16H,5-6,9H2,(H,15,18)/t11-/m0/s1. The third-order valence-electron chi connectivity index (χ3n) is 3.74. The van der Waals surface area contributed by atoms with Crippen molar-refractivity contribution in [2.24, 2.45) is 0 Å². The Morgan fingerprint density at radius 2 is 2.19 bits per heavy atom. The molecule has 1 aliphatic heterocycles. The van der Waals surface area contributed by atoms with Crippen LogP contribution in [0.3, 0.4) is 0 Å². The van der Waals surface area contributed by atoms with Crippen LogP contribution in [0.5, 0.6) is 0 Å². The van der Waals surface area contributed by atoms with Crippen LogP contribution in [0, 0.1) is 0 Å². The van der Waals surface area contributed by atoms with Crippen molar-refractivity contribution in [1.82, 2.24) is 25.3 Å². The second kappa shape index (κ2) is 5.01. The number of hydrogen-bond donors (Lipinski definition) is 2. The summed E-state index contributed by atoms with van der Waals surface area (Å²) in [5, 5.41) is 22.4. The van der Waals surface area contributed by atoms with Gasteiger partial charge in [-0.1, -0.05) is 18.2 Å². The lowest BCUT2D eigenvalue weighted by molar-refractivity contribution is 0.650. The van der Waals surface area contributed by atoms with E-state index >= 15 is 0 Å². The van der Waals surface area contributed by atoms with Gasteiger partial charge in [-0.2, -0.15) is 0 Å². The number of fused-ring (bicyclic) bond motifs is 2. The summed E-state index contributed by atoms with van der Waals surface area (Å²) in [7, 11) is 0. The third kappa shape index (κ3) is 2.37. The summed E-state index contributed by atoms with van der Waals surface area (Å²) < 4.78 is 1.42. The molecular weight excluding hydrogens is 266 g/mol. The van der Waals surface area contributed by atoms with Gasteiger partial charge in [0.25, 0.3) is 0 Å². The second-order valence-electron chi connectivity index (χ2n) is 5.16. The minimum atomic E-state index is 0.395. The quantitative estimate of drug-likeness (QED) is 0.754. The van der Waals surface area contributed by atoms with E-state index in [4.69, 9.17) is 0 Å². The maximum atomic E-state index is 4.31. The molecule has 106 valence electrons. The molecule has 2 N–H and O–H groups in total. The number of tetrazole rings is 1. The van der Waals surface area contributed by atoms with Crippen LogP contribution in [0.15, 0.2) is 36.4 Å². The molecule has 7 heteroatoms. The van der Waals surface area contributed by atoms with E-state index in [2.05, 4.69) is 55.5 Å². The maximum absolute atomic E-state index is 4.31. The zero-order chi connectivity index (χ0) is 14.1. The normalized spacial score (nSPS) is 17.2. The summed E-state index contributed by atoms with van der Waals surface area (Å²) in [6.07, 6.45) is 2.21. The Balaban J connectivity index is 1.43. The van der Waals surface area contributed by atoms with Crippen LogP contribution in [-0.2, 0) is 6.42 Å². The smallest absolute Gasteiger partial charge is 0.200 e. The molecular formula is C14H15N7. The van der Waals surface area contributed by atoms with Gasteiger partial charge < -0.3 is 10.6 Å². The molecule has 0 bridgehead atoms. The van der Waals surface area contributed by atoms with Crippen molar-refractivity contribution >= 4 is 17.2 Å². The fraction of sp³-hybridized carbons (Fsp3) is 0.286. The van der Waals surface area contributed by atoms with Crippen LogP contribution in [0.2, 0.25) is 0 Å². The Morgan fingerprint density at radius 1 is 1.24 bits per heavy atom. The van der Waals surface area contributed by atoms with E-state index in [1.165, 1.54) is 15.9 Å². The molecule has 4 rings (SSSR count). The van der Waals surface area contributed by atoms with Crippen molar-refractivity contribution in [3.63, 3.8) is 0 Å². The summed E-state index contributed by atoms with van der Waals surface area (Å²) in [6, 6.07) is 12.6. The number of nitrogens with zero attached hydrogens (tertiary/aromatic N) is 5. The minimum absolute atomic E-state index is 0.395. The van der Waals surface area contributed by atoms with Crippen LogP contribution in [0.25, 0.3) is 5.65 Å². The Bertz CT molecular complexity index is 767. The molecule has 21 heavy (non-hydrogen) atoms. The first kappa shape index (κ1) is 12.1. The van der Waals surface area contributed by atoms with E-state index in [0.717, 1.165) is 25.2 Å². The van der Waals surface area contributed by atoms with Crippen molar-refractivity contribution < 1.29 is 0 Å². The zero-order valence-electron chi connectivity index (χ0n) is 11.4. The first-order valence-corrected chi connectivity index (χ1v) is 7.02. The molecule has 3 aromatic rings. The zero-order valence-corrected chi connectivity index (χ0v) is 11.4. The van der Waals surface area contributed by atoms with Crippen LogP contribution in [0.1, 0.15) is 12.0 Å². The topological polar surface area (TPSA) is 80.0 Å². The maximum Gasteiger partial charge on any atom is 0.200 e. The number of benzene rings is 1. The predicted octanol–water partition coefficient (Wildman–Crippen LogP) is 1.36. The van der Waals surface area contributed by atoms with Crippen molar-refractivity contribution in [1.29, 1.82) is 0 Å². The highest BCUT2D eigenvalue weighted by Crippen LogP contribution is 2.24. The molecule has 1 aliphatic rings. The number of nitrogens with one attached hydrogen (secondary N) is 2. The molecule has 1 aromatic carbocycles. The van der Waals surface area contributed by atoms with Crippen molar-refractivity contribution in [2.45, 2.75) is 18.9 Å². The summed E-state index contributed by atoms with van der Waals surface area (Å²) in [5.74, 6) is 0.774. The summed E-state index contributed by atoms with van der Waals surface area (Å²) >= 11 is 0. The van der Waals surface area contributed by atoms with Gasteiger partial charge in [-0.25, -0.2) is 0 Å². The molecule has 0 saturated heterocycles. The second-order valence-corrected chi connectivity index (χ2v) is 5.16. The molecule has 0 amide bonds. The molecule has 1 atom stereocenters. The fourth-order valence-electron chi connectivity index (χ4n) is 2.63. The van der Waals surface area contributed by atoms with Crippen molar-refractivity contribution in [3.05, 3.63) is 42.0 Å². The Kier molecular flexibility index (Phi) is 2.88. The molecule has 0 spiro atoms. The molecule has 7 nitrogen and oxygen atoms in total. The molecule has 2 aromatic heterocycles. The first-order chi connectivity index (χ1) is 10.4. The van der Waals surface area contributed by atoms with Gasteiger partial charge in [-0.3, -0.25) is 0 Å². The largest absolute Gasteiger partial charge is 0.380 e. The van der Waals surface area contributed by atoms with Gasteiger partial charge in [0.1, 0.15) is 5.82 Å². The highest BCUT2D eigenvalue weighted by atomic mass is 15.6. The van der Waals surface area contributed by atoms with Crippen molar-refractivity contribution in [3.8, 4) is 0 Å². The van der Waals surface area contributed by atoms with Gasteiger partial charge in [0, 0.05) is 18.3 Å². The Morgan fingerprint density at radius 3 is 3.19 bits per heavy atom. The Hall–Kier alpha value is -2.70. The van der Waals surface area contributed by atoms with Crippen LogP contribution < -0.4 is 10.6 Å². The molecule has 0 unspecified atom stereocenters. The van der Waals surface area contributed by atoms with E-state index in [1.807, 2.05) is 12.1 Å². The van der Waals surface area contributed by atoms with Crippen molar-refractivity contribution in [2.75, 3.05) is 17.2 Å². The fourth-order valence-corrected chi connectivity index (χ4v) is 2.63. The van der Waals surface area contributed by atoms with Crippen LogP contribution in [0.4, 0.5) is 11.5 Å². The van der Waals surface area contributed by atoms with E-state index in [9.17, 15) is 0 Å². The van der Waals surface area contributed by atoms with Gasteiger partial charge in [0.05, 0.1) is 0 Å². The number of anilines is 2. The number of hydrogen-bond acceptors (Lipinski definition) is 6. The number of rotatable bonds is 3. The number of aryl methyl sites for hydroxylation is 1. The number of aromatic nitrogens is 5. The number of para-hydroxylation sites is 1. The van der Waals surface area contributed by atoms with Crippen LogP contribution >= 0.6 is 0 Å². The van der Waals surface area contributed by atoms with E-state index in [1.54, 1.807) is 0 Å². The SMILES string of the molecule is c1ccc2c(c1)CC[C@@H](CNc1ccc3nnnn3n1)N2. The Labute approximate surface area is 121 Å².